The maximum atomic E-state index is 12.7. The van der Waals surface area contributed by atoms with E-state index in [0.717, 1.165) is 19.3 Å². The molecule has 126 valence electrons. The molecule has 4 nitrogen and oxygen atoms in total. The molecule has 0 aliphatic carbocycles. The summed E-state index contributed by atoms with van der Waals surface area (Å²) in [5, 5.41) is -0.712. The van der Waals surface area contributed by atoms with E-state index in [1.165, 1.54) is 6.42 Å². The highest BCUT2D eigenvalue weighted by atomic mass is 32.2. The minimum absolute atomic E-state index is 0.0720. The molecule has 0 saturated carbocycles. The van der Waals surface area contributed by atoms with E-state index < -0.39 is 27.2 Å². The van der Waals surface area contributed by atoms with E-state index in [9.17, 15) is 13.2 Å². The summed E-state index contributed by atoms with van der Waals surface area (Å²) in [5.41, 5.74) is 0. The molecule has 1 unspecified atom stereocenters. The average molecular weight is 336 g/mol. The Kier molecular flexibility index (Phi) is 6.39. The number of carbonyl (C=O) groups excluding carboxylic acids is 1. The second-order valence-corrected chi connectivity index (χ2v) is 8.10. The van der Waals surface area contributed by atoms with E-state index in [2.05, 4.69) is 6.92 Å². The number of hydrogen-bond acceptors (Lipinski definition) is 4. The average Bonchev–Trinajstić information content (AvgIpc) is 2.55. The summed E-state index contributed by atoms with van der Waals surface area (Å²) in [4.78, 5) is 12.0. The zero-order valence-electron chi connectivity index (χ0n) is 13.5. The van der Waals surface area contributed by atoms with Gasteiger partial charge in [0, 0.05) is 6.42 Å². The molecule has 2 rings (SSSR count). The first kappa shape index (κ1) is 17.7. The summed E-state index contributed by atoms with van der Waals surface area (Å²) < 4.78 is 30.6. The topological polar surface area (TPSA) is 60.4 Å². The SMILES string of the molecule is CCCCC/C=C\[C@H]1CC(S(=O)(=O)c2ccccc2)CC(=O)O1. The van der Waals surface area contributed by atoms with Crippen LogP contribution >= 0.6 is 0 Å². The highest BCUT2D eigenvalue weighted by Crippen LogP contribution is 2.27. The first-order valence-corrected chi connectivity index (χ1v) is 9.73. The van der Waals surface area contributed by atoms with E-state index >= 15 is 0 Å². The van der Waals surface area contributed by atoms with Crippen molar-refractivity contribution in [2.45, 2.75) is 61.7 Å². The number of benzene rings is 1. The lowest BCUT2D eigenvalue weighted by atomic mass is 10.1. The van der Waals surface area contributed by atoms with Gasteiger partial charge in [0.2, 0.25) is 0 Å². The molecule has 1 aliphatic heterocycles. The maximum Gasteiger partial charge on any atom is 0.307 e. The lowest BCUT2D eigenvalue weighted by Crippen LogP contribution is -2.36. The van der Waals surface area contributed by atoms with E-state index in [1.807, 2.05) is 12.2 Å². The molecule has 0 spiro atoms. The van der Waals surface area contributed by atoms with Crippen molar-refractivity contribution in [2.24, 2.45) is 0 Å². The van der Waals surface area contributed by atoms with Gasteiger partial charge in [-0.25, -0.2) is 8.42 Å². The third kappa shape index (κ3) is 4.93. The summed E-state index contributed by atoms with van der Waals surface area (Å²) in [6.07, 6.45) is 7.98. The van der Waals surface area contributed by atoms with Crippen LogP contribution in [0.25, 0.3) is 0 Å². The molecule has 1 fully saturated rings. The Labute approximate surface area is 138 Å². The number of sulfone groups is 1. The number of cyclic esters (lactones) is 1. The van der Waals surface area contributed by atoms with E-state index in [1.54, 1.807) is 30.3 Å². The minimum atomic E-state index is -3.50. The van der Waals surface area contributed by atoms with Crippen molar-refractivity contribution in [2.75, 3.05) is 0 Å². The van der Waals surface area contributed by atoms with Crippen LogP contribution in [0.3, 0.4) is 0 Å². The smallest absolute Gasteiger partial charge is 0.307 e. The van der Waals surface area contributed by atoms with Crippen LogP contribution in [0.1, 0.15) is 45.4 Å². The van der Waals surface area contributed by atoms with Crippen molar-refractivity contribution in [3.05, 3.63) is 42.5 Å². The second-order valence-electron chi connectivity index (χ2n) is 5.87. The molecule has 1 aliphatic rings. The van der Waals surface area contributed by atoms with Crippen LogP contribution in [-0.4, -0.2) is 25.7 Å². The van der Waals surface area contributed by atoms with E-state index in [0.29, 0.717) is 6.42 Å². The summed E-state index contributed by atoms with van der Waals surface area (Å²) in [5.74, 6) is -0.441. The van der Waals surface area contributed by atoms with Gasteiger partial charge >= 0.3 is 5.97 Å². The van der Waals surface area contributed by atoms with Gasteiger partial charge in [0.25, 0.3) is 0 Å². The third-order valence-electron chi connectivity index (χ3n) is 4.01. The van der Waals surface area contributed by atoms with Crippen molar-refractivity contribution in [1.29, 1.82) is 0 Å². The van der Waals surface area contributed by atoms with Crippen LogP contribution in [0.4, 0.5) is 0 Å². The highest BCUT2D eigenvalue weighted by Gasteiger charge is 2.36. The maximum absolute atomic E-state index is 12.7. The van der Waals surface area contributed by atoms with Crippen LogP contribution in [0.2, 0.25) is 0 Å². The number of carbonyl (C=O) groups is 1. The molecule has 0 radical (unpaired) electrons. The largest absolute Gasteiger partial charge is 0.458 e. The van der Waals surface area contributed by atoms with Gasteiger partial charge in [0.05, 0.1) is 16.6 Å². The van der Waals surface area contributed by atoms with E-state index in [-0.39, 0.29) is 11.3 Å². The molecule has 0 N–H and O–H groups in total. The molecular formula is C18H24O4S. The number of unbranched alkanes of at least 4 members (excludes halogenated alkanes) is 3. The number of esters is 1. The summed E-state index contributed by atoms with van der Waals surface area (Å²) in [6.45, 7) is 2.14. The Bertz CT molecular complexity index is 634. The summed E-state index contributed by atoms with van der Waals surface area (Å²) in [6, 6.07) is 8.31. The molecule has 2 atom stereocenters. The van der Waals surface area contributed by atoms with Gasteiger partial charge in [-0.05, 0) is 31.1 Å². The third-order valence-corrected chi connectivity index (χ3v) is 6.17. The number of allylic oxidation sites excluding steroid dienone is 1. The molecule has 0 amide bonds. The Morgan fingerprint density at radius 2 is 1.96 bits per heavy atom. The normalized spacial score (nSPS) is 22.2. The molecule has 0 bridgehead atoms. The van der Waals surface area contributed by atoms with Gasteiger partial charge in [-0.3, -0.25) is 4.79 Å². The minimum Gasteiger partial charge on any atom is -0.458 e. The lowest BCUT2D eigenvalue weighted by Gasteiger charge is -2.27. The van der Waals surface area contributed by atoms with Crippen molar-refractivity contribution in [3.8, 4) is 0 Å². The predicted octanol–water partition coefficient (Wildman–Crippen LogP) is 3.67. The fourth-order valence-corrected chi connectivity index (χ4v) is 4.43. The molecular weight excluding hydrogens is 312 g/mol. The highest BCUT2D eigenvalue weighted by molar-refractivity contribution is 7.92. The standard InChI is InChI=1S/C18H24O4S/c1-2-3-4-5-7-10-15-13-17(14-18(19)22-15)23(20,21)16-11-8-6-9-12-16/h6-12,15,17H,2-5,13-14H2,1H3/b10-7-/t15-,17?/m0/s1. The fourth-order valence-electron chi connectivity index (χ4n) is 2.71. The van der Waals surface area contributed by atoms with Gasteiger partial charge < -0.3 is 4.74 Å². The van der Waals surface area contributed by atoms with Gasteiger partial charge in [-0.15, -0.1) is 0 Å². The van der Waals surface area contributed by atoms with Gasteiger partial charge in [-0.1, -0.05) is 44.0 Å². The number of hydrogen-bond donors (Lipinski definition) is 0. The van der Waals surface area contributed by atoms with Gasteiger partial charge in [-0.2, -0.15) is 0 Å². The quantitative estimate of drug-likeness (QED) is 0.433. The van der Waals surface area contributed by atoms with Crippen LogP contribution in [0.5, 0.6) is 0 Å². The molecule has 1 aromatic carbocycles. The van der Waals surface area contributed by atoms with Gasteiger partial charge in [0.1, 0.15) is 6.10 Å². The van der Waals surface area contributed by atoms with Crippen molar-refractivity contribution in [1.82, 2.24) is 0 Å². The Balaban J connectivity index is 2.04. The van der Waals surface area contributed by atoms with Gasteiger partial charge in [0.15, 0.2) is 9.84 Å². The Hall–Kier alpha value is -1.62. The monoisotopic (exact) mass is 336 g/mol. The van der Waals surface area contributed by atoms with Crippen LogP contribution < -0.4 is 0 Å². The van der Waals surface area contributed by atoms with Crippen molar-refractivity contribution in [3.63, 3.8) is 0 Å². The number of rotatable bonds is 7. The summed E-state index contributed by atoms with van der Waals surface area (Å²) >= 11 is 0. The summed E-state index contributed by atoms with van der Waals surface area (Å²) in [7, 11) is -3.50. The first-order valence-electron chi connectivity index (χ1n) is 8.19. The molecule has 23 heavy (non-hydrogen) atoms. The Morgan fingerprint density at radius 3 is 2.65 bits per heavy atom. The molecule has 0 aromatic heterocycles. The fraction of sp³-hybridized carbons (Fsp3) is 0.500. The van der Waals surface area contributed by atoms with E-state index in [4.69, 9.17) is 4.74 Å². The lowest BCUT2D eigenvalue weighted by molar-refractivity contribution is -0.150. The molecule has 1 heterocycles. The van der Waals surface area contributed by atoms with Crippen LogP contribution in [0.15, 0.2) is 47.4 Å². The van der Waals surface area contributed by atoms with Crippen molar-refractivity contribution < 1.29 is 17.9 Å². The molecule has 1 aromatic rings. The first-order chi connectivity index (χ1) is 11.0. The zero-order chi connectivity index (χ0) is 16.7. The zero-order valence-corrected chi connectivity index (χ0v) is 14.3. The predicted molar refractivity (Wildman–Crippen MR) is 89.8 cm³/mol. The van der Waals surface area contributed by atoms with Crippen LogP contribution in [0, 0.1) is 0 Å². The van der Waals surface area contributed by atoms with Crippen LogP contribution in [-0.2, 0) is 19.4 Å². The molecule has 1 saturated heterocycles. The number of ether oxygens (including phenoxy) is 1. The van der Waals surface area contributed by atoms with Crippen molar-refractivity contribution >= 4 is 15.8 Å². The molecule has 5 heteroatoms. The second kappa shape index (κ2) is 8.29. The Morgan fingerprint density at radius 1 is 1.22 bits per heavy atom.